The maximum Gasteiger partial charge on any atom is 0.264 e. The number of carbonyl (C=O) groups is 1. The number of nitrogens with zero attached hydrogens (tertiary/aromatic N) is 2. The Labute approximate surface area is 150 Å². The minimum Gasteiger partial charge on any atom is -0.475 e. The fourth-order valence-electron chi connectivity index (χ4n) is 3.85. The maximum atomic E-state index is 13.0. The molecule has 0 unspecified atom stereocenters. The van der Waals surface area contributed by atoms with Gasteiger partial charge in [-0.2, -0.15) is 0 Å². The maximum absolute atomic E-state index is 13.0. The zero-order chi connectivity index (χ0) is 17.7. The number of ether oxygens (including phenoxy) is 1. The molecule has 2 saturated heterocycles. The highest BCUT2D eigenvalue weighted by Gasteiger charge is 2.42. The molecule has 2 aliphatic heterocycles. The smallest absolute Gasteiger partial charge is 0.264 e. The van der Waals surface area contributed by atoms with Crippen LogP contribution < -0.4 is 15.4 Å². The topological polar surface area (TPSA) is 66.5 Å². The van der Waals surface area contributed by atoms with Gasteiger partial charge in [-0.1, -0.05) is 0 Å². The lowest BCUT2D eigenvalue weighted by Gasteiger charge is -2.37. The molecule has 6 nitrogen and oxygen atoms in total. The van der Waals surface area contributed by atoms with Crippen LogP contribution in [0.15, 0.2) is 18.3 Å². The van der Waals surface area contributed by atoms with Gasteiger partial charge >= 0.3 is 0 Å². The van der Waals surface area contributed by atoms with Crippen LogP contribution in [0.4, 0.5) is 0 Å². The minimum atomic E-state index is -0.791. The van der Waals surface area contributed by atoms with Gasteiger partial charge in [0.15, 0.2) is 5.60 Å². The minimum absolute atomic E-state index is 0.0119. The zero-order valence-corrected chi connectivity index (χ0v) is 15.4. The van der Waals surface area contributed by atoms with Crippen molar-refractivity contribution in [2.45, 2.75) is 50.7 Å². The molecule has 1 aromatic heterocycles. The number of amides is 1. The predicted octanol–water partition coefficient (Wildman–Crippen LogP) is 1.49. The zero-order valence-electron chi connectivity index (χ0n) is 15.4. The SMILES string of the molecule is Cc1ncccc1OC1(C(=O)NCC[C@@H]2CCCN2C)CCNCC1. The molecule has 1 aromatic rings. The molecule has 1 atom stereocenters. The highest BCUT2D eigenvalue weighted by atomic mass is 16.5. The van der Waals surface area contributed by atoms with Crippen LogP contribution in [0.2, 0.25) is 0 Å². The van der Waals surface area contributed by atoms with E-state index in [2.05, 4.69) is 27.6 Å². The standard InChI is InChI=1S/C19H30N4O2/c1-15-17(6-3-10-21-15)25-19(8-12-20-13-9-19)18(24)22-11-7-16-5-4-14-23(16)2/h3,6,10,16,20H,4-5,7-9,11-14H2,1-2H3,(H,22,24)/t16-/m0/s1. The van der Waals surface area contributed by atoms with E-state index < -0.39 is 5.60 Å². The monoisotopic (exact) mass is 346 g/mol. The van der Waals surface area contributed by atoms with Crippen molar-refractivity contribution in [3.8, 4) is 5.75 Å². The van der Waals surface area contributed by atoms with Gasteiger partial charge in [-0.05, 0) is 65.0 Å². The van der Waals surface area contributed by atoms with Crippen molar-refractivity contribution >= 4 is 5.91 Å². The molecule has 0 spiro atoms. The first-order chi connectivity index (χ1) is 12.1. The number of aromatic nitrogens is 1. The summed E-state index contributed by atoms with van der Waals surface area (Å²) in [5.41, 5.74) is 0.0291. The van der Waals surface area contributed by atoms with E-state index >= 15 is 0 Å². The van der Waals surface area contributed by atoms with Gasteiger partial charge in [-0.3, -0.25) is 9.78 Å². The number of nitrogens with one attached hydrogen (secondary N) is 2. The quantitative estimate of drug-likeness (QED) is 0.817. The molecule has 0 aromatic carbocycles. The third-order valence-electron chi connectivity index (χ3n) is 5.52. The summed E-state index contributed by atoms with van der Waals surface area (Å²) in [6, 6.07) is 4.34. The van der Waals surface area contributed by atoms with Gasteiger partial charge in [0.25, 0.3) is 5.91 Å². The van der Waals surface area contributed by atoms with Crippen molar-refractivity contribution in [1.82, 2.24) is 20.5 Å². The Morgan fingerprint density at radius 3 is 2.96 bits per heavy atom. The summed E-state index contributed by atoms with van der Waals surface area (Å²) < 4.78 is 6.25. The molecule has 3 rings (SSSR count). The van der Waals surface area contributed by atoms with Crippen molar-refractivity contribution in [1.29, 1.82) is 0 Å². The molecule has 1 amide bonds. The van der Waals surface area contributed by atoms with E-state index in [1.807, 2.05) is 19.1 Å². The van der Waals surface area contributed by atoms with Crippen LogP contribution in [-0.4, -0.2) is 60.7 Å². The van der Waals surface area contributed by atoms with E-state index in [-0.39, 0.29) is 5.91 Å². The Balaban J connectivity index is 1.63. The summed E-state index contributed by atoms with van der Waals surface area (Å²) in [5.74, 6) is 0.716. The summed E-state index contributed by atoms with van der Waals surface area (Å²) in [6.45, 7) is 5.37. The van der Waals surface area contributed by atoms with Gasteiger partial charge in [0, 0.05) is 31.6 Å². The lowest BCUT2D eigenvalue weighted by atomic mass is 9.90. The highest BCUT2D eigenvalue weighted by molar-refractivity contribution is 5.85. The first-order valence-electron chi connectivity index (χ1n) is 9.41. The molecule has 138 valence electrons. The molecule has 0 saturated carbocycles. The Hall–Kier alpha value is -1.66. The van der Waals surface area contributed by atoms with E-state index in [1.165, 1.54) is 12.8 Å². The second kappa shape index (κ2) is 8.15. The fraction of sp³-hybridized carbons (Fsp3) is 0.684. The summed E-state index contributed by atoms with van der Waals surface area (Å²) in [5, 5.41) is 6.46. The van der Waals surface area contributed by atoms with Crippen molar-refractivity contribution in [3.63, 3.8) is 0 Å². The van der Waals surface area contributed by atoms with Crippen LogP contribution >= 0.6 is 0 Å². The van der Waals surface area contributed by atoms with Crippen LogP contribution in [0.25, 0.3) is 0 Å². The molecule has 2 aliphatic rings. The fourth-order valence-corrected chi connectivity index (χ4v) is 3.85. The van der Waals surface area contributed by atoms with Gasteiger partial charge < -0.3 is 20.3 Å². The van der Waals surface area contributed by atoms with Crippen molar-refractivity contribution in [3.05, 3.63) is 24.0 Å². The molecule has 6 heteroatoms. The lowest BCUT2D eigenvalue weighted by Crippen LogP contribution is -2.57. The van der Waals surface area contributed by atoms with Crippen molar-refractivity contribution in [2.24, 2.45) is 0 Å². The van der Waals surface area contributed by atoms with Gasteiger partial charge in [0.05, 0.1) is 5.69 Å². The summed E-state index contributed by atoms with van der Waals surface area (Å²) in [6.07, 6.45) is 6.59. The highest BCUT2D eigenvalue weighted by Crippen LogP contribution is 2.28. The number of aryl methyl sites for hydroxylation is 1. The molecule has 25 heavy (non-hydrogen) atoms. The van der Waals surface area contributed by atoms with E-state index in [9.17, 15) is 4.79 Å². The second-order valence-electron chi connectivity index (χ2n) is 7.25. The molecule has 0 radical (unpaired) electrons. The third kappa shape index (κ3) is 4.30. The van der Waals surface area contributed by atoms with Gasteiger partial charge in [0.2, 0.25) is 0 Å². The molecule has 0 aliphatic carbocycles. The number of carbonyl (C=O) groups excluding carboxylic acids is 1. The van der Waals surface area contributed by atoms with E-state index in [4.69, 9.17) is 4.74 Å². The summed E-state index contributed by atoms with van der Waals surface area (Å²) >= 11 is 0. The molecule has 2 fully saturated rings. The lowest BCUT2D eigenvalue weighted by molar-refractivity contribution is -0.139. The molecule has 3 heterocycles. The van der Waals surface area contributed by atoms with Crippen molar-refractivity contribution < 1.29 is 9.53 Å². The normalized spacial score (nSPS) is 23.4. The third-order valence-corrected chi connectivity index (χ3v) is 5.52. The summed E-state index contributed by atoms with van der Waals surface area (Å²) in [7, 11) is 2.17. The first-order valence-corrected chi connectivity index (χ1v) is 9.41. The molecular weight excluding hydrogens is 316 g/mol. The number of piperidine rings is 1. The second-order valence-corrected chi connectivity index (χ2v) is 7.25. The van der Waals surface area contributed by atoms with Crippen LogP contribution in [0, 0.1) is 6.92 Å². The first kappa shape index (κ1) is 18.1. The number of hydrogen-bond donors (Lipinski definition) is 2. The number of rotatable bonds is 6. The molecule has 2 N–H and O–H groups in total. The van der Waals surface area contributed by atoms with E-state index in [0.717, 1.165) is 31.7 Å². The Morgan fingerprint density at radius 1 is 1.48 bits per heavy atom. The van der Waals surface area contributed by atoms with Crippen LogP contribution in [0.3, 0.4) is 0 Å². The van der Waals surface area contributed by atoms with Crippen LogP contribution in [0.1, 0.15) is 37.8 Å². The van der Waals surface area contributed by atoms with E-state index in [1.54, 1.807) is 6.20 Å². The van der Waals surface area contributed by atoms with Crippen LogP contribution in [-0.2, 0) is 4.79 Å². The van der Waals surface area contributed by atoms with Gasteiger partial charge in [0.1, 0.15) is 5.75 Å². The van der Waals surface area contributed by atoms with Crippen molar-refractivity contribution in [2.75, 3.05) is 33.2 Å². The molecule has 0 bridgehead atoms. The summed E-state index contributed by atoms with van der Waals surface area (Å²) in [4.78, 5) is 19.7. The number of pyridine rings is 1. The predicted molar refractivity (Wildman–Crippen MR) is 97.7 cm³/mol. The average molecular weight is 346 g/mol. The Bertz CT molecular complexity index is 587. The molecular formula is C19H30N4O2. The Kier molecular flexibility index (Phi) is 5.91. The van der Waals surface area contributed by atoms with Gasteiger partial charge in [-0.15, -0.1) is 0 Å². The van der Waals surface area contributed by atoms with Gasteiger partial charge in [-0.25, -0.2) is 0 Å². The largest absolute Gasteiger partial charge is 0.475 e. The number of hydrogen-bond acceptors (Lipinski definition) is 5. The average Bonchev–Trinajstić information content (AvgIpc) is 3.03. The Morgan fingerprint density at radius 2 is 2.28 bits per heavy atom. The van der Waals surface area contributed by atoms with Crippen LogP contribution in [0.5, 0.6) is 5.75 Å². The van der Waals surface area contributed by atoms with E-state index in [0.29, 0.717) is 31.2 Å². The number of likely N-dealkylation sites (tertiary alicyclic amines) is 1.